The number of benzene rings is 1. The van der Waals surface area contributed by atoms with E-state index in [1.54, 1.807) is 7.11 Å². The molecule has 0 saturated carbocycles. The van der Waals surface area contributed by atoms with Crippen molar-refractivity contribution in [2.24, 2.45) is 0 Å². The van der Waals surface area contributed by atoms with Gasteiger partial charge in [-0.3, -0.25) is 0 Å². The topological polar surface area (TPSA) is 14.2 Å². The molecule has 0 saturated heterocycles. The molecule has 2 nitrogen and oxygen atoms in total. The summed E-state index contributed by atoms with van der Waals surface area (Å²) in [5, 5.41) is 1.31. The van der Waals surface area contributed by atoms with Crippen molar-refractivity contribution in [3.05, 3.63) is 29.5 Å². The van der Waals surface area contributed by atoms with Crippen molar-refractivity contribution in [1.29, 1.82) is 0 Å². The van der Waals surface area contributed by atoms with Gasteiger partial charge in [0.25, 0.3) is 0 Å². The fraction of sp³-hybridized carbons (Fsp3) is 0.385. The summed E-state index contributed by atoms with van der Waals surface area (Å²) < 4.78 is 7.78. The monoisotopic (exact) mass is 201 g/mol. The Morgan fingerprint density at radius 1 is 1.27 bits per heavy atom. The lowest BCUT2D eigenvalue weighted by atomic mass is 10.1. The van der Waals surface area contributed by atoms with Crippen molar-refractivity contribution >= 4 is 10.9 Å². The van der Waals surface area contributed by atoms with Gasteiger partial charge in [0.1, 0.15) is 5.75 Å². The molecule has 1 aliphatic rings. The molecular weight excluding hydrogens is 186 g/mol. The number of fused-ring (bicyclic) bond motifs is 3. The van der Waals surface area contributed by atoms with E-state index in [0.29, 0.717) is 0 Å². The second-order valence-electron chi connectivity index (χ2n) is 4.27. The second-order valence-corrected chi connectivity index (χ2v) is 4.27. The van der Waals surface area contributed by atoms with Gasteiger partial charge < -0.3 is 9.30 Å². The summed E-state index contributed by atoms with van der Waals surface area (Å²) in [6.07, 6.45) is 2.51. The number of aromatic nitrogens is 1. The van der Waals surface area contributed by atoms with Gasteiger partial charge in [-0.05, 0) is 43.5 Å². The van der Waals surface area contributed by atoms with Crippen molar-refractivity contribution in [1.82, 2.24) is 4.57 Å². The molecule has 0 atom stereocenters. The molecule has 2 heterocycles. The molecule has 0 spiro atoms. The van der Waals surface area contributed by atoms with Crippen molar-refractivity contribution < 1.29 is 4.74 Å². The minimum atomic E-state index is 0.992. The Hall–Kier alpha value is -1.44. The van der Waals surface area contributed by atoms with Crippen LogP contribution in [0, 0.1) is 6.92 Å². The first-order valence-corrected chi connectivity index (χ1v) is 5.46. The number of hydrogen-bond donors (Lipinski definition) is 0. The van der Waals surface area contributed by atoms with Gasteiger partial charge >= 0.3 is 0 Å². The molecule has 15 heavy (non-hydrogen) atoms. The molecule has 1 aliphatic heterocycles. The lowest BCUT2D eigenvalue weighted by Gasteiger charge is -2.06. The summed E-state index contributed by atoms with van der Waals surface area (Å²) >= 11 is 0. The Morgan fingerprint density at radius 3 is 2.93 bits per heavy atom. The maximum absolute atomic E-state index is 5.34. The van der Waals surface area contributed by atoms with Crippen LogP contribution in [0.2, 0.25) is 0 Å². The van der Waals surface area contributed by atoms with Crippen LogP contribution in [0.5, 0.6) is 5.75 Å². The second kappa shape index (κ2) is 3.02. The third-order valence-corrected chi connectivity index (χ3v) is 3.32. The van der Waals surface area contributed by atoms with E-state index in [2.05, 4.69) is 29.7 Å². The maximum Gasteiger partial charge on any atom is 0.122 e. The van der Waals surface area contributed by atoms with E-state index in [9.17, 15) is 0 Å². The van der Waals surface area contributed by atoms with E-state index in [0.717, 1.165) is 5.75 Å². The Balaban J connectivity index is 2.31. The van der Waals surface area contributed by atoms with Gasteiger partial charge in [0.05, 0.1) is 7.11 Å². The standard InChI is InChI=1S/C13H15NO/c1-9-6-12-10(8-13(9)15-2)7-11-4-3-5-14(11)12/h6-8H,3-5H2,1-2H3. The fourth-order valence-electron chi connectivity index (χ4n) is 2.56. The Kier molecular flexibility index (Phi) is 1.78. The Bertz CT molecular complexity index is 525. The van der Waals surface area contributed by atoms with Crippen LogP contribution in [0.25, 0.3) is 10.9 Å². The molecule has 0 fully saturated rings. The number of hydrogen-bond acceptors (Lipinski definition) is 1. The van der Waals surface area contributed by atoms with Crippen LogP contribution in [0.15, 0.2) is 18.2 Å². The van der Waals surface area contributed by atoms with Crippen molar-refractivity contribution in [3.8, 4) is 5.75 Å². The highest BCUT2D eigenvalue weighted by Gasteiger charge is 2.15. The summed E-state index contributed by atoms with van der Waals surface area (Å²) in [6.45, 7) is 3.28. The molecule has 2 heteroatoms. The molecule has 78 valence electrons. The molecule has 0 bridgehead atoms. The summed E-state index contributed by atoms with van der Waals surface area (Å²) in [5.41, 5.74) is 4.05. The van der Waals surface area contributed by atoms with Gasteiger partial charge in [-0.15, -0.1) is 0 Å². The summed E-state index contributed by atoms with van der Waals surface area (Å²) in [7, 11) is 1.73. The van der Waals surface area contributed by atoms with Crippen LogP contribution in [0.1, 0.15) is 17.7 Å². The molecular formula is C13H15NO. The highest BCUT2D eigenvalue weighted by atomic mass is 16.5. The lowest BCUT2D eigenvalue weighted by Crippen LogP contribution is -1.92. The van der Waals surface area contributed by atoms with Gasteiger partial charge in [-0.1, -0.05) is 0 Å². The SMILES string of the molecule is COc1cc2cc3n(c2cc1C)CCC3. The average molecular weight is 201 g/mol. The number of ether oxygens (including phenoxy) is 1. The minimum absolute atomic E-state index is 0.992. The van der Waals surface area contributed by atoms with Gasteiger partial charge in [0.15, 0.2) is 0 Å². The zero-order valence-corrected chi connectivity index (χ0v) is 9.21. The third kappa shape index (κ3) is 1.17. The first-order valence-electron chi connectivity index (χ1n) is 5.46. The van der Waals surface area contributed by atoms with Gasteiger partial charge in [-0.25, -0.2) is 0 Å². The number of aryl methyl sites for hydroxylation is 3. The third-order valence-electron chi connectivity index (χ3n) is 3.32. The maximum atomic E-state index is 5.34. The lowest BCUT2D eigenvalue weighted by molar-refractivity contribution is 0.412. The van der Waals surface area contributed by atoms with Crippen LogP contribution in [-0.2, 0) is 13.0 Å². The summed E-state index contributed by atoms with van der Waals surface area (Å²) in [5.74, 6) is 0.992. The van der Waals surface area contributed by atoms with E-state index < -0.39 is 0 Å². The highest BCUT2D eigenvalue weighted by Crippen LogP contribution is 2.30. The normalized spacial score (nSPS) is 14.5. The van der Waals surface area contributed by atoms with E-state index in [4.69, 9.17) is 4.74 Å². The zero-order chi connectivity index (χ0) is 10.4. The molecule has 0 radical (unpaired) electrons. The molecule has 0 unspecified atom stereocenters. The molecule has 1 aromatic heterocycles. The van der Waals surface area contributed by atoms with Gasteiger partial charge in [0, 0.05) is 23.1 Å². The van der Waals surface area contributed by atoms with Crippen molar-refractivity contribution in [3.63, 3.8) is 0 Å². The molecule has 0 aliphatic carbocycles. The summed E-state index contributed by atoms with van der Waals surface area (Å²) in [4.78, 5) is 0. The Morgan fingerprint density at radius 2 is 2.13 bits per heavy atom. The number of rotatable bonds is 1. The summed E-state index contributed by atoms with van der Waals surface area (Å²) in [6, 6.07) is 6.68. The smallest absolute Gasteiger partial charge is 0.122 e. The van der Waals surface area contributed by atoms with Crippen LogP contribution < -0.4 is 4.74 Å². The largest absolute Gasteiger partial charge is 0.496 e. The first-order chi connectivity index (χ1) is 7.29. The molecule has 0 amide bonds. The van der Waals surface area contributed by atoms with Crippen molar-refractivity contribution in [2.75, 3.05) is 7.11 Å². The van der Waals surface area contributed by atoms with Crippen LogP contribution in [0.3, 0.4) is 0 Å². The van der Waals surface area contributed by atoms with Crippen LogP contribution >= 0.6 is 0 Å². The number of methoxy groups -OCH3 is 1. The van der Waals surface area contributed by atoms with E-state index in [1.165, 1.54) is 41.5 Å². The molecule has 3 rings (SSSR count). The fourth-order valence-corrected chi connectivity index (χ4v) is 2.56. The number of nitrogens with zero attached hydrogens (tertiary/aromatic N) is 1. The Labute approximate surface area is 89.5 Å². The predicted molar refractivity (Wildman–Crippen MR) is 61.5 cm³/mol. The van der Waals surface area contributed by atoms with Crippen molar-refractivity contribution in [2.45, 2.75) is 26.3 Å². The van der Waals surface area contributed by atoms with E-state index in [-0.39, 0.29) is 0 Å². The zero-order valence-electron chi connectivity index (χ0n) is 9.21. The van der Waals surface area contributed by atoms with E-state index >= 15 is 0 Å². The van der Waals surface area contributed by atoms with Crippen LogP contribution in [0.4, 0.5) is 0 Å². The molecule has 0 N–H and O–H groups in total. The van der Waals surface area contributed by atoms with Gasteiger partial charge in [0.2, 0.25) is 0 Å². The average Bonchev–Trinajstić information content (AvgIpc) is 2.77. The quantitative estimate of drug-likeness (QED) is 0.692. The molecule has 2 aromatic rings. The van der Waals surface area contributed by atoms with Gasteiger partial charge in [-0.2, -0.15) is 0 Å². The predicted octanol–water partition coefficient (Wildman–Crippen LogP) is 2.90. The van der Waals surface area contributed by atoms with E-state index in [1.807, 2.05) is 0 Å². The first kappa shape index (κ1) is 8.84. The van der Waals surface area contributed by atoms with Crippen LogP contribution in [-0.4, -0.2) is 11.7 Å². The molecule has 1 aromatic carbocycles. The minimum Gasteiger partial charge on any atom is -0.496 e. The highest BCUT2D eigenvalue weighted by molar-refractivity contribution is 5.84.